The molecule has 0 saturated carbocycles. The summed E-state index contributed by atoms with van der Waals surface area (Å²) in [5.74, 6) is 0.638. The molecule has 0 radical (unpaired) electrons. The second-order valence-corrected chi connectivity index (χ2v) is 4.58. The van der Waals surface area contributed by atoms with Crippen molar-refractivity contribution in [3.05, 3.63) is 23.9 Å². The highest BCUT2D eigenvalue weighted by Gasteiger charge is 2.14. The maximum Gasteiger partial charge on any atom is 0.224 e. The lowest BCUT2D eigenvalue weighted by Crippen LogP contribution is -2.34. The van der Waals surface area contributed by atoms with Crippen molar-refractivity contribution < 1.29 is 4.79 Å². The number of nitrogens with zero attached hydrogens (tertiary/aromatic N) is 2. The van der Waals surface area contributed by atoms with E-state index in [4.69, 9.17) is 18.0 Å². The van der Waals surface area contributed by atoms with Crippen LogP contribution in [0.3, 0.4) is 0 Å². The number of rotatable bonds is 5. The Morgan fingerprint density at radius 3 is 2.83 bits per heavy atom. The van der Waals surface area contributed by atoms with Crippen LogP contribution < -0.4 is 16.0 Å². The number of amides is 1. The Bertz CT molecular complexity index is 449. The van der Waals surface area contributed by atoms with Crippen LogP contribution in [0.1, 0.15) is 12.6 Å². The highest BCUT2D eigenvalue weighted by atomic mass is 32.1. The number of anilines is 1. The molecule has 1 amide bonds. The van der Waals surface area contributed by atoms with Crippen LogP contribution in [0.15, 0.2) is 18.2 Å². The van der Waals surface area contributed by atoms with Crippen molar-refractivity contribution in [2.24, 2.45) is 11.7 Å². The third-order valence-corrected chi connectivity index (χ3v) is 2.83. The van der Waals surface area contributed by atoms with Crippen LogP contribution in [0, 0.1) is 5.92 Å². The van der Waals surface area contributed by atoms with Crippen molar-refractivity contribution in [3.63, 3.8) is 0 Å². The first kappa shape index (κ1) is 14.4. The second kappa shape index (κ2) is 6.30. The van der Waals surface area contributed by atoms with Gasteiger partial charge >= 0.3 is 0 Å². The minimum Gasteiger partial charge on any atom is -0.388 e. The highest BCUT2D eigenvalue weighted by Crippen LogP contribution is 2.11. The van der Waals surface area contributed by atoms with E-state index in [9.17, 15) is 4.79 Å². The number of thiocarbonyl (C=S) groups is 1. The number of hydrogen-bond acceptors (Lipinski definition) is 4. The monoisotopic (exact) mass is 266 g/mol. The van der Waals surface area contributed by atoms with Crippen LogP contribution in [0.5, 0.6) is 0 Å². The van der Waals surface area contributed by atoms with Gasteiger partial charge in [0.2, 0.25) is 5.91 Å². The van der Waals surface area contributed by atoms with Gasteiger partial charge in [-0.15, -0.1) is 0 Å². The molecule has 98 valence electrons. The van der Waals surface area contributed by atoms with E-state index in [0.29, 0.717) is 12.2 Å². The van der Waals surface area contributed by atoms with Crippen molar-refractivity contribution >= 4 is 28.9 Å². The average Bonchev–Trinajstić information content (AvgIpc) is 2.37. The van der Waals surface area contributed by atoms with Crippen molar-refractivity contribution in [1.82, 2.24) is 10.3 Å². The molecule has 1 atom stereocenters. The molecule has 0 aliphatic carbocycles. The number of aromatic nitrogens is 1. The number of nitrogens with two attached hydrogens (primary N) is 1. The van der Waals surface area contributed by atoms with Gasteiger partial charge in [0.05, 0.1) is 11.6 Å². The van der Waals surface area contributed by atoms with Gasteiger partial charge in [0, 0.05) is 20.6 Å². The summed E-state index contributed by atoms with van der Waals surface area (Å²) >= 11 is 4.89. The summed E-state index contributed by atoms with van der Waals surface area (Å²) in [4.78, 5) is 18.0. The number of hydrogen-bond donors (Lipinski definition) is 2. The van der Waals surface area contributed by atoms with Gasteiger partial charge in [-0.3, -0.25) is 4.79 Å². The van der Waals surface area contributed by atoms with Crippen LogP contribution >= 0.6 is 12.2 Å². The van der Waals surface area contributed by atoms with E-state index < -0.39 is 0 Å². The molecule has 0 aliphatic heterocycles. The highest BCUT2D eigenvalue weighted by molar-refractivity contribution is 7.80. The van der Waals surface area contributed by atoms with Crippen LogP contribution in [-0.4, -0.2) is 36.5 Å². The molecule has 0 fully saturated rings. The molecule has 6 heteroatoms. The van der Waals surface area contributed by atoms with Gasteiger partial charge in [-0.2, -0.15) is 0 Å². The smallest absolute Gasteiger partial charge is 0.224 e. The van der Waals surface area contributed by atoms with Crippen molar-refractivity contribution in [2.75, 3.05) is 25.5 Å². The molecule has 18 heavy (non-hydrogen) atoms. The molecule has 0 aliphatic rings. The van der Waals surface area contributed by atoms with Crippen molar-refractivity contribution in [2.45, 2.75) is 6.92 Å². The summed E-state index contributed by atoms with van der Waals surface area (Å²) in [7, 11) is 3.51. The fraction of sp³-hybridized carbons (Fsp3) is 0.417. The number of carbonyl (C=O) groups is 1. The van der Waals surface area contributed by atoms with Gasteiger partial charge in [-0.25, -0.2) is 4.98 Å². The van der Waals surface area contributed by atoms with Crippen LogP contribution in [0.4, 0.5) is 5.82 Å². The van der Waals surface area contributed by atoms with Crippen molar-refractivity contribution in [1.29, 1.82) is 0 Å². The fourth-order valence-electron chi connectivity index (χ4n) is 1.61. The minimum atomic E-state index is -0.115. The first-order valence-electron chi connectivity index (χ1n) is 5.65. The first-order valence-corrected chi connectivity index (χ1v) is 6.06. The first-order chi connectivity index (χ1) is 8.45. The Morgan fingerprint density at radius 1 is 1.61 bits per heavy atom. The molecule has 0 saturated heterocycles. The van der Waals surface area contributed by atoms with E-state index >= 15 is 0 Å². The van der Waals surface area contributed by atoms with Gasteiger partial charge in [-0.05, 0) is 12.1 Å². The lowest BCUT2D eigenvalue weighted by atomic mass is 10.1. The molecule has 5 nitrogen and oxygen atoms in total. The van der Waals surface area contributed by atoms with Gasteiger partial charge in [0.25, 0.3) is 0 Å². The number of pyridine rings is 1. The molecule has 1 heterocycles. The second-order valence-electron chi connectivity index (χ2n) is 4.14. The van der Waals surface area contributed by atoms with E-state index in [-0.39, 0.29) is 16.8 Å². The lowest BCUT2D eigenvalue weighted by molar-refractivity contribution is -0.123. The van der Waals surface area contributed by atoms with Crippen LogP contribution in [0.2, 0.25) is 0 Å². The quantitative estimate of drug-likeness (QED) is 0.761. The molecule has 0 aromatic carbocycles. The predicted octanol–water partition coefficient (Wildman–Crippen LogP) is 0.534. The molecule has 3 N–H and O–H groups in total. The van der Waals surface area contributed by atoms with E-state index in [2.05, 4.69) is 10.3 Å². The Balaban J connectivity index is 2.78. The predicted molar refractivity (Wildman–Crippen MR) is 76.6 cm³/mol. The summed E-state index contributed by atoms with van der Waals surface area (Å²) in [5, 5.41) is 2.62. The summed E-state index contributed by atoms with van der Waals surface area (Å²) in [6.07, 6.45) is 0. The Hall–Kier alpha value is -1.69. The van der Waals surface area contributed by atoms with Gasteiger partial charge in [-0.1, -0.05) is 25.2 Å². The van der Waals surface area contributed by atoms with Gasteiger partial charge < -0.3 is 16.0 Å². The molecular formula is C12H18N4OS. The van der Waals surface area contributed by atoms with Gasteiger partial charge in [0.15, 0.2) is 0 Å². The SMILES string of the molecule is CNC(=O)C(C)CN(C)c1cccc(C(N)=S)n1. The number of nitrogens with one attached hydrogen (secondary N) is 1. The summed E-state index contributed by atoms with van der Waals surface area (Å²) in [5.41, 5.74) is 6.13. The molecule has 1 aromatic heterocycles. The van der Waals surface area contributed by atoms with E-state index in [1.807, 2.05) is 31.0 Å². The fourth-order valence-corrected chi connectivity index (χ4v) is 1.72. The van der Waals surface area contributed by atoms with Crippen LogP contribution in [-0.2, 0) is 4.79 Å². The van der Waals surface area contributed by atoms with E-state index in [1.165, 1.54) is 0 Å². The van der Waals surface area contributed by atoms with Gasteiger partial charge in [0.1, 0.15) is 10.8 Å². The summed E-state index contributed by atoms with van der Waals surface area (Å²) < 4.78 is 0. The minimum absolute atomic E-state index is 0.00681. The zero-order valence-corrected chi connectivity index (χ0v) is 11.6. The molecule has 0 bridgehead atoms. The topological polar surface area (TPSA) is 71.2 Å². The Morgan fingerprint density at radius 2 is 2.28 bits per heavy atom. The Kier molecular flexibility index (Phi) is 5.03. The molecule has 0 spiro atoms. The molecule has 1 unspecified atom stereocenters. The van der Waals surface area contributed by atoms with E-state index in [0.717, 1.165) is 5.82 Å². The zero-order chi connectivity index (χ0) is 13.7. The van der Waals surface area contributed by atoms with E-state index in [1.54, 1.807) is 13.1 Å². The lowest BCUT2D eigenvalue weighted by Gasteiger charge is -2.22. The third-order valence-electron chi connectivity index (χ3n) is 2.62. The zero-order valence-electron chi connectivity index (χ0n) is 10.8. The molecule has 1 rings (SSSR count). The molecular weight excluding hydrogens is 248 g/mol. The van der Waals surface area contributed by atoms with Crippen LogP contribution in [0.25, 0.3) is 0 Å². The average molecular weight is 266 g/mol. The maximum absolute atomic E-state index is 11.5. The van der Waals surface area contributed by atoms with Crippen molar-refractivity contribution in [3.8, 4) is 0 Å². The Labute approximate surface area is 112 Å². The molecule has 1 aromatic rings. The summed E-state index contributed by atoms with van der Waals surface area (Å²) in [6, 6.07) is 5.47. The normalized spacial score (nSPS) is 11.7. The third kappa shape index (κ3) is 3.66. The largest absolute Gasteiger partial charge is 0.388 e. The number of carbonyl (C=O) groups excluding carboxylic acids is 1. The standard InChI is InChI=1S/C12H18N4OS/c1-8(12(17)14-2)7-16(3)10-6-4-5-9(15-10)11(13)18/h4-6,8H,7H2,1-3H3,(H2,13,18)(H,14,17). The summed E-state index contributed by atoms with van der Waals surface area (Å²) in [6.45, 7) is 2.44. The maximum atomic E-state index is 11.5.